The molecular weight excluding hydrogens is 406 g/mol. The number of hydrogen-bond acceptors (Lipinski definition) is 6. The SMILES string of the molecule is CC(=O)OC1CCC2(C)C(C1)C(O)C(O)C1C2CCC2(C)C1CCC2(O)c1ccccn1. The van der Waals surface area contributed by atoms with E-state index in [4.69, 9.17) is 4.74 Å². The molecule has 6 heteroatoms. The maximum absolute atomic E-state index is 11.9. The van der Waals surface area contributed by atoms with E-state index in [1.165, 1.54) is 6.92 Å². The third-order valence-corrected chi connectivity index (χ3v) is 10.3. The Hall–Kier alpha value is -1.50. The zero-order valence-electron chi connectivity index (χ0n) is 19.4. The highest BCUT2D eigenvalue weighted by atomic mass is 16.5. The van der Waals surface area contributed by atoms with Gasteiger partial charge in [0.25, 0.3) is 0 Å². The summed E-state index contributed by atoms with van der Waals surface area (Å²) in [5, 5.41) is 34.7. The topological polar surface area (TPSA) is 99.9 Å². The Morgan fingerprint density at radius 3 is 2.47 bits per heavy atom. The van der Waals surface area contributed by atoms with Crippen molar-refractivity contribution in [3.63, 3.8) is 0 Å². The Bertz CT molecular complexity index is 878. The van der Waals surface area contributed by atoms with Crippen molar-refractivity contribution >= 4 is 5.97 Å². The average molecular weight is 444 g/mol. The second kappa shape index (κ2) is 7.51. The van der Waals surface area contributed by atoms with E-state index in [0.717, 1.165) is 37.8 Å². The summed E-state index contributed by atoms with van der Waals surface area (Å²) in [4.78, 5) is 16.0. The quantitative estimate of drug-likeness (QED) is 0.607. The first-order valence-electron chi connectivity index (χ1n) is 12.3. The van der Waals surface area contributed by atoms with E-state index in [9.17, 15) is 20.1 Å². The lowest BCUT2D eigenvalue weighted by Crippen LogP contribution is -2.65. The van der Waals surface area contributed by atoms with Crippen molar-refractivity contribution in [2.75, 3.05) is 0 Å². The van der Waals surface area contributed by atoms with Gasteiger partial charge in [-0.2, -0.15) is 0 Å². The minimum atomic E-state index is -1.01. The number of fused-ring (bicyclic) bond motifs is 5. The lowest BCUT2D eigenvalue weighted by molar-refractivity contribution is -0.235. The molecule has 0 bridgehead atoms. The van der Waals surface area contributed by atoms with Crippen LogP contribution in [0.1, 0.15) is 71.4 Å². The molecule has 10 unspecified atom stereocenters. The van der Waals surface area contributed by atoms with Crippen LogP contribution in [0.3, 0.4) is 0 Å². The van der Waals surface area contributed by atoms with Crippen molar-refractivity contribution < 1.29 is 24.9 Å². The summed E-state index contributed by atoms with van der Waals surface area (Å²) in [5.41, 5.74) is -0.784. The zero-order valence-corrected chi connectivity index (χ0v) is 19.4. The minimum Gasteiger partial charge on any atom is -0.463 e. The van der Waals surface area contributed by atoms with Crippen LogP contribution in [-0.2, 0) is 15.1 Å². The number of esters is 1. The molecule has 5 rings (SSSR count). The number of nitrogens with zero attached hydrogens (tertiary/aromatic N) is 1. The van der Waals surface area contributed by atoms with Gasteiger partial charge < -0.3 is 20.1 Å². The highest BCUT2D eigenvalue weighted by molar-refractivity contribution is 5.66. The molecule has 0 aromatic carbocycles. The third-order valence-electron chi connectivity index (χ3n) is 10.3. The molecule has 10 atom stereocenters. The molecule has 4 aliphatic carbocycles. The van der Waals surface area contributed by atoms with E-state index in [1.807, 2.05) is 18.2 Å². The average Bonchev–Trinajstić information content (AvgIpc) is 3.05. The summed E-state index contributed by atoms with van der Waals surface area (Å²) in [6.45, 7) is 5.87. The maximum atomic E-state index is 11.9. The summed E-state index contributed by atoms with van der Waals surface area (Å²) in [5.74, 6) is -0.00368. The van der Waals surface area contributed by atoms with Crippen LogP contribution in [-0.4, -0.2) is 44.6 Å². The van der Waals surface area contributed by atoms with Crippen LogP contribution in [0.4, 0.5) is 0 Å². The number of carbonyl (C=O) groups excluding carboxylic acids is 1. The number of aromatic nitrogens is 1. The molecule has 1 aromatic rings. The fraction of sp³-hybridized carbons (Fsp3) is 0.769. The first kappa shape index (κ1) is 22.3. The van der Waals surface area contributed by atoms with Gasteiger partial charge >= 0.3 is 5.97 Å². The summed E-state index contributed by atoms with van der Waals surface area (Å²) < 4.78 is 5.49. The third kappa shape index (κ3) is 2.95. The smallest absolute Gasteiger partial charge is 0.302 e. The molecule has 176 valence electrons. The van der Waals surface area contributed by atoms with Gasteiger partial charge in [0.1, 0.15) is 11.7 Å². The van der Waals surface area contributed by atoms with E-state index >= 15 is 0 Å². The Balaban J connectivity index is 1.47. The molecule has 32 heavy (non-hydrogen) atoms. The molecule has 6 nitrogen and oxygen atoms in total. The van der Waals surface area contributed by atoms with Gasteiger partial charge in [0, 0.05) is 18.5 Å². The molecule has 0 spiro atoms. The molecular formula is C26H37NO5. The van der Waals surface area contributed by atoms with Gasteiger partial charge in [-0.25, -0.2) is 0 Å². The molecule has 1 aromatic heterocycles. The van der Waals surface area contributed by atoms with E-state index < -0.39 is 17.8 Å². The molecule has 1 heterocycles. The first-order valence-corrected chi connectivity index (χ1v) is 12.3. The maximum Gasteiger partial charge on any atom is 0.302 e. The number of rotatable bonds is 2. The Kier molecular flexibility index (Phi) is 5.23. The van der Waals surface area contributed by atoms with Gasteiger partial charge in [-0.1, -0.05) is 19.9 Å². The number of hydrogen-bond donors (Lipinski definition) is 3. The summed E-state index contributed by atoms with van der Waals surface area (Å²) in [6.07, 6.45) is 5.43. The molecule has 4 fully saturated rings. The van der Waals surface area contributed by atoms with Crippen molar-refractivity contribution in [1.82, 2.24) is 4.98 Å². The van der Waals surface area contributed by atoms with Crippen LogP contribution in [0.5, 0.6) is 0 Å². The highest BCUT2D eigenvalue weighted by Gasteiger charge is 2.68. The Labute approximate surface area is 190 Å². The number of pyridine rings is 1. The largest absolute Gasteiger partial charge is 0.463 e. The first-order chi connectivity index (χ1) is 15.1. The predicted octanol–water partition coefficient (Wildman–Crippen LogP) is 3.19. The minimum absolute atomic E-state index is 0.0481. The van der Waals surface area contributed by atoms with Crippen molar-refractivity contribution in [3.05, 3.63) is 30.1 Å². The van der Waals surface area contributed by atoms with Gasteiger partial charge in [-0.15, -0.1) is 0 Å². The fourth-order valence-electron chi connectivity index (χ4n) is 8.61. The summed E-state index contributed by atoms with van der Waals surface area (Å²) >= 11 is 0. The van der Waals surface area contributed by atoms with E-state index in [2.05, 4.69) is 18.8 Å². The number of carbonyl (C=O) groups is 1. The molecule has 3 N–H and O–H groups in total. The molecule has 4 saturated carbocycles. The fourth-order valence-corrected chi connectivity index (χ4v) is 8.61. The van der Waals surface area contributed by atoms with Crippen LogP contribution >= 0.6 is 0 Å². The van der Waals surface area contributed by atoms with Gasteiger partial charge in [0.2, 0.25) is 0 Å². The van der Waals surface area contributed by atoms with Crippen LogP contribution in [0.15, 0.2) is 24.4 Å². The van der Waals surface area contributed by atoms with Crippen molar-refractivity contribution in [2.24, 2.45) is 34.5 Å². The summed E-state index contributed by atoms with van der Waals surface area (Å²) in [7, 11) is 0. The van der Waals surface area contributed by atoms with Crippen molar-refractivity contribution in [2.45, 2.75) is 89.6 Å². The second-order valence-electron chi connectivity index (χ2n) is 11.5. The van der Waals surface area contributed by atoms with Gasteiger partial charge in [0.15, 0.2) is 0 Å². The van der Waals surface area contributed by atoms with E-state index in [-0.39, 0.29) is 46.6 Å². The predicted molar refractivity (Wildman–Crippen MR) is 118 cm³/mol. The zero-order chi connectivity index (χ0) is 22.9. The van der Waals surface area contributed by atoms with Crippen LogP contribution in [0.2, 0.25) is 0 Å². The van der Waals surface area contributed by atoms with Gasteiger partial charge in [-0.3, -0.25) is 9.78 Å². The molecule has 0 saturated heterocycles. The molecule has 0 amide bonds. The lowest BCUT2D eigenvalue weighted by atomic mass is 9.43. The number of aliphatic hydroxyl groups excluding tert-OH is 2. The monoisotopic (exact) mass is 443 g/mol. The van der Waals surface area contributed by atoms with Gasteiger partial charge in [-0.05, 0) is 86.2 Å². The van der Waals surface area contributed by atoms with Crippen molar-refractivity contribution in [1.29, 1.82) is 0 Å². The van der Waals surface area contributed by atoms with Crippen LogP contribution in [0.25, 0.3) is 0 Å². The van der Waals surface area contributed by atoms with Gasteiger partial charge in [0.05, 0.1) is 17.9 Å². The molecule has 0 aliphatic heterocycles. The second-order valence-corrected chi connectivity index (χ2v) is 11.5. The Morgan fingerprint density at radius 2 is 1.78 bits per heavy atom. The summed E-state index contributed by atoms with van der Waals surface area (Å²) in [6, 6.07) is 5.71. The van der Waals surface area contributed by atoms with E-state index in [1.54, 1.807) is 6.20 Å². The van der Waals surface area contributed by atoms with Crippen LogP contribution in [0, 0.1) is 34.5 Å². The normalized spacial score (nSPS) is 50.1. The number of aliphatic hydroxyl groups is 3. The lowest BCUT2D eigenvalue weighted by Gasteiger charge is -2.64. The standard InChI is InChI=1S/C26H37NO5/c1-15(28)32-16-7-10-24(2)17-8-11-25(3)18(21(17)23(30)22(29)19(24)14-16)9-12-26(25,31)20-6-4-5-13-27-20/h4-6,13,16-19,21-23,29-31H,7-12,14H2,1-3H3. The molecule has 4 aliphatic rings. The number of ether oxygens (including phenoxy) is 1. The Morgan fingerprint density at radius 1 is 1.03 bits per heavy atom. The van der Waals surface area contributed by atoms with Crippen LogP contribution < -0.4 is 0 Å². The highest BCUT2D eigenvalue weighted by Crippen LogP contribution is 2.69. The van der Waals surface area contributed by atoms with E-state index in [0.29, 0.717) is 12.8 Å². The van der Waals surface area contributed by atoms with Crippen molar-refractivity contribution in [3.8, 4) is 0 Å². The molecule has 0 radical (unpaired) electrons.